The average molecular weight is 266 g/mol. The van der Waals surface area contributed by atoms with Gasteiger partial charge in [0.05, 0.1) is 0 Å². The van der Waals surface area contributed by atoms with Crippen LogP contribution in [0.25, 0.3) is 0 Å². The molecule has 19 heavy (non-hydrogen) atoms. The number of nitrogens with zero attached hydrogens (tertiary/aromatic N) is 1. The van der Waals surface area contributed by atoms with Gasteiger partial charge < -0.3 is 10.6 Å². The topological polar surface area (TPSA) is 46.3 Å². The van der Waals surface area contributed by atoms with Crippen molar-refractivity contribution in [1.82, 2.24) is 4.90 Å². The Bertz CT molecular complexity index is 392. The molecule has 0 aliphatic heterocycles. The average Bonchev–Trinajstić information content (AvgIpc) is 2.39. The summed E-state index contributed by atoms with van der Waals surface area (Å²) in [5.74, 6) is 0.342. The van der Waals surface area contributed by atoms with E-state index in [4.69, 9.17) is 5.73 Å². The van der Waals surface area contributed by atoms with Gasteiger partial charge in [0.2, 0.25) is 5.91 Å². The number of carbonyl (C=O) groups is 1. The van der Waals surface area contributed by atoms with Crippen molar-refractivity contribution in [1.29, 1.82) is 0 Å². The highest BCUT2D eigenvalue weighted by Crippen LogP contribution is 2.12. The molecule has 1 aromatic carbocycles. The third-order valence-corrected chi connectivity index (χ3v) is 3.27. The van der Waals surface area contributed by atoms with Gasteiger partial charge in [-0.25, -0.2) is 4.39 Å². The zero-order valence-corrected chi connectivity index (χ0v) is 11.7. The number of nitrogens with two attached hydrogens (primary N) is 1. The van der Waals surface area contributed by atoms with E-state index in [1.165, 1.54) is 12.1 Å². The van der Waals surface area contributed by atoms with Crippen molar-refractivity contribution in [2.45, 2.75) is 32.7 Å². The molecule has 3 nitrogen and oxygen atoms in total. The summed E-state index contributed by atoms with van der Waals surface area (Å²) in [5, 5.41) is 0. The van der Waals surface area contributed by atoms with E-state index < -0.39 is 0 Å². The Balaban J connectivity index is 2.38. The summed E-state index contributed by atoms with van der Waals surface area (Å²) in [4.78, 5) is 13.6. The van der Waals surface area contributed by atoms with Gasteiger partial charge in [-0.2, -0.15) is 0 Å². The number of rotatable bonds is 7. The second-order valence-electron chi connectivity index (χ2n) is 5.10. The highest BCUT2D eigenvalue weighted by molar-refractivity contribution is 5.75. The van der Waals surface area contributed by atoms with Crippen LogP contribution in [0.4, 0.5) is 4.39 Å². The molecule has 1 unspecified atom stereocenters. The first kappa shape index (κ1) is 15.6. The number of benzene rings is 1. The Morgan fingerprint density at radius 1 is 1.32 bits per heavy atom. The van der Waals surface area contributed by atoms with E-state index in [9.17, 15) is 9.18 Å². The fourth-order valence-corrected chi connectivity index (χ4v) is 1.94. The van der Waals surface area contributed by atoms with Gasteiger partial charge in [0.15, 0.2) is 0 Å². The van der Waals surface area contributed by atoms with Crippen LogP contribution in [-0.2, 0) is 11.3 Å². The lowest BCUT2D eigenvalue weighted by molar-refractivity contribution is -0.130. The molecular formula is C15H23FN2O. The summed E-state index contributed by atoms with van der Waals surface area (Å²) in [6, 6.07) is 6.24. The maximum atomic E-state index is 12.8. The number of halogens is 1. The molecule has 2 N–H and O–H groups in total. The molecule has 0 saturated heterocycles. The van der Waals surface area contributed by atoms with Gasteiger partial charge in [-0.05, 0) is 43.0 Å². The fourth-order valence-electron chi connectivity index (χ4n) is 1.94. The van der Waals surface area contributed by atoms with Crippen LogP contribution in [0.3, 0.4) is 0 Å². The molecule has 1 aromatic rings. The molecule has 0 radical (unpaired) electrons. The second kappa shape index (κ2) is 7.89. The highest BCUT2D eigenvalue weighted by atomic mass is 19.1. The van der Waals surface area contributed by atoms with E-state index in [2.05, 4.69) is 6.92 Å². The van der Waals surface area contributed by atoms with Gasteiger partial charge in [0.1, 0.15) is 5.82 Å². The molecule has 4 heteroatoms. The second-order valence-corrected chi connectivity index (χ2v) is 5.10. The summed E-state index contributed by atoms with van der Waals surface area (Å²) in [7, 11) is 1.78. The quantitative estimate of drug-likeness (QED) is 0.824. The Kier molecular flexibility index (Phi) is 6.50. The Hall–Kier alpha value is -1.42. The molecule has 0 heterocycles. The third kappa shape index (κ3) is 5.83. The van der Waals surface area contributed by atoms with Crippen LogP contribution in [0, 0.1) is 11.7 Å². The minimum Gasteiger partial charge on any atom is -0.341 e. The number of carbonyl (C=O) groups excluding carboxylic acids is 1. The third-order valence-electron chi connectivity index (χ3n) is 3.27. The number of hydrogen-bond donors (Lipinski definition) is 1. The first-order valence-corrected chi connectivity index (χ1v) is 6.71. The van der Waals surface area contributed by atoms with Crippen LogP contribution in [-0.4, -0.2) is 24.4 Å². The van der Waals surface area contributed by atoms with Crippen molar-refractivity contribution >= 4 is 5.91 Å². The van der Waals surface area contributed by atoms with Crippen LogP contribution in [0.1, 0.15) is 31.7 Å². The lowest BCUT2D eigenvalue weighted by Crippen LogP contribution is -2.26. The monoisotopic (exact) mass is 266 g/mol. The summed E-state index contributed by atoms with van der Waals surface area (Å²) in [5.41, 5.74) is 6.42. The normalized spacial score (nSPS) is 12.2. The highest BCUT2D eigenvalue weighted by Gasteiger charge is 2.11. The molecular weight excluding hydrogens is 243 g/mol. The Labute approximate surface area is 114 Å². The zero-order chi connectivity index (χ0) is 14.3. The summed E-state index contributed by atoms with van der Waals surface area (Å²) in [6.07, 6.45) is 2.36. The molecule has 1 rings (SSSR count). The van der Waals surface area contributed by atoms with E-state index in [1.807, 2.05) is 0 Å². The smallest absolute Gasteiger partial charge is 0.222 e. The molecule has 0 fully saturated rings. The first-order valence-electron chi connectivity index (χ1n) is 6.71. The van der Waals surface area contributed by atoms with Crippen molar-refractivity contribution in [2.24, 2.45) is 11.7 Å². The molecule has 0 aliphatic rings. The van der Waals surface area contributed by atoms with Crippen LogP contribution in [0.2, 0.25) is 0 Å². The van der Waals surface area contributed by atoms with Crippen LogP contribution >= 0.6 is 0 Å². The molecule has 0 aliphatic carbocycles. The van der Waals surface area contributed by atoms with Gasteiger partial charge in [-0.15, -0.1) is 0 Å². The van der Waals surface area contributed by atoms with Crippen molar-refractivity contribution in [3.8, 4) is 0 Å². The van der Waals surface area contributed by atoms with Crippen LogP contribution in [0.5, 0.6) is 0 Å². The number of hydrogen-bond acceptors (Lipinski definition) is 2. The zero-order valence-electron chi connectivity index (χ0n) is 11.7. The molecule has 0 bridgehead atoms. The molecule has 1 atom stereocenters. The first-order chi connectivity index (χ1) is 9.02. The summed E-state index contributed by atoms with van der Waals surface area (Å²) in [6.45, 7) is 3.30. The van der Waals surface area contributed by atoms with E-state index in [-0.39, 0.29) is 11.7 Å². The minimum absolute atomic E-state index is 0.119. The summed E-state index contributed by atoms with van der Waals surface area (Å²) >= 11 is 0. The van der Waals surface area contributed by atoms with Gasteiger partial charge in [0.25, 0.3) is 0 Å². The molecule has 1 amide bonds. The van der Waals surface area contributed by atoms with Gasteiger partial charge in [-0.3, -0.25) is 4.79 Å². The van der Waals surface area contributed by atoms with E-state index >= 15 is 0 Å². The van der Waals surface area contributed by atoms with Crippen LogP contribution < -0.4 is 5.73 Å². The SMILES string of the molecule is CC(CCN)CCC(=O)N(C)Cc1ccc(F)cc1. The van der Waals surface area contributed by atoms with Gasteiger partial charge >= 0.3 is 0 Å². The van der Waals surface area contributed by atoms with E-state index in [0.29, 0.717) is 25.4 Å². The minimum atomic E-state index is -0.256. The van der Waals surface area contributed by atoms with Crippen LogP contribution in [0.15, 0.2) is 24.3 Å². The molecule has 106 valence electrons. The lowest BCUT2D eigenvalue weighted by Gasteiger charge is -2.18. The van der Waals surface area contributed by atoms with Gasteiger partial charge in [-0.1, -0.05) is 19.1 Å². The molecule has 0 saturated carbocycles. The lowest BCUT2D eigenvalue weighted by atomic mass is 10.0. The maximum Gasteiger partial charge on any atom is 0.222 e. The van der Waals surface area contributed by atoms with Crippen molar-refractivity contribution in [3.05, 3.63) is 35.6 Å². The maximum absolute atomic E-state index is 12.8. The predicted octanol–water partition coefficient (Wildman–Crippen LogP) is 2.55. The van der Waals surface area contributed by atoms with E-state index in [0.717, 1.165) is 18.4 Å². The largest absolute Gasteiger partial charge is 0.341 e. The Morgan fingerprint density at radius 3 is 2.53 bits per heavy atom. The fraction of sp³-hybridized carbons (Fsp3) is 0.533. The van der Waals surface area contributed by atoms with Crippen molar-refractivity contribution in [2.75, 3.05) is 13.6 Å². The molecule has 0 aromatic heterocycles. The summed E-state index contributed by atoms with van der Waals surface area (Å²) < 4.78 is 12.8. The van der Waals surface area contributed by atoms with Gasteiger partial charge in [0, 0.05) is 20.0 Å². The van der Waals surface area contributed by atoms with Crippen molar-refractivity contribution < 1.29 is 9.18 Å². The van der Waals surface area contributed by atoms with E-state index in [1.54, 1.807) is 24.1 Å². The molecule has 0 spiro atoms. The predicted molar refractivity (Wildman–Crippen MR) is 74.9 cm³/mol. The Morgan fingerprint density at radius 2 is 1.95 bits per heavy atom. The standard InChI is InChI=1S/C15H23FN2O/c1-12(9-10-17)3-8-15(19)18(2)11-13-4-6-14(16)7-5-13/h4-7,12H,3,8-11,17H2,1-2H3. The number of amides is 1. The van der Waals surface area contributed by atoms with Crippen molar-refractivity contribution in [3.63, 3.8) is 0 Å².